The Labute approximate surface area is 310 Å². The second-order valence-electron chi connectivity index (χ2n) is 14.8. The Bertz CT molecular complexity index is 809. The summed E-state index contributed by atoms with van der Waals surface area (Å²) in [5, 5.41) is 40.0. The minimum Gasteiger partial charge on any atom is -0.462 e. The Morgan fingerprint density at radius 3 is 1.33 bits per heavy atom. The number of unbranched alkanes of at least 4 members (excludes halogenated alkanes) is 24. The molecule has 0 amide bonds. The summed E-state index contributed by atoms with van der Waals surface area (Å²) in [6, 6.07) is 0. The van der Waals surface area contributed by atoms with E-state index in [1.807, 2.05) is 0 Å². The molecule has 10 nitrogen and oxygen atoms in total. The molecule has 1 saturated heterocycles. The van der Waals surface area contributed by atoms with Gasteiger partial charge in [0.1, 0.15) is 31.0 Å². The molecule has 0 radical (unpaired) electrons. The van der Waals surface area contributed by atoms with Gasteiger partial charge in [-0.05, 0) is 12.8 Å². The molecule has 0 aromatic carbocycles. The van der Waals surface area contributed by atoms with Crippen LogP contribution in [0.4, 0.5) is 0 Å². The maximum atomic E-state index is 12.7. The minimum absolute atomic E-state index is 0.209. The van der Waals surface area contributed by atoms with E-state index in [-0.39, 0.29) is 32.0 Å². The molecule has 2 unspecified atom stereocenters. The molecule has 1 aliphatic rings. The third kappa shape index (κ3) is 25.4. The fraction of sp³-hybridized carbons (Fsp3) is 0.951. The van der Waals surface area contributed by atoms with Crippen LogP contribution in [0.5, 0.6) is 0 Å². The smallest absolute Gasteiger partial charge is 0.306 e. The highest BCUT2D eigenvalue weighted by Gasteiger charge is 2.44. The van der Waals surface area contributed by atoms with Gasteiger partial charge >= 0.3 is 11.9 Å². The van der Waals surface area contributed by atoms with Gasteiger partial charge in [0.2, 0.25) is 0 Å². The Kier molecular flexibility index (Phi) is 31.1. The van der Waals surface area contributed by atoms with Crippen molar-refractivity contribution in [2.45, 2.75) is 230 Å². The number of carbonyl (C=O) groups is 2. The van der Waals surface area contributed by atoms with Gasteiger partial charge in [0, 0.05) is 12.8 Å². The highest BCUT2D eigenvalue weighted by molar-refractivity contribution is 5.70. The molecule has 6 atom stereocenters. The summed E-state index contributed by atoms with van der Waals surface area (Å²) in [5.74, 6) is -0.795. The van der Waals surface area contributed by atoms with Gasteiger partial charge in [0.25, 0.3) is 0 Å². The molecular formula is C41H78O10. The average molecular weight is 731 g/mol. The topological polar surface area (TPSA) is 152 Å². The van der Waals surface area contributed by atoms with Gasteiger partial charge in [-0.25, -0.2) is 0 Å². The lowest BCUT2D eigenvalue weighted by Gasteiger charge is -2.39. The predicted octanol–water partition coefficient (Wildman–Crippen LogP) is 8.22. The van der Waals surface area contributed by atoms with Gasteiger partial charge in [-0.15, -0.1) is 0 Å². The maximum absolute atomic E-state index is 12.7. The number of hydrogen-bond donors (Lipinski definition) is 4. The summed E-state index contributed by atoms with van der Waals surface area (Å²) in [6.07, 6.45) is 23.9. The Hall–Kier alpha value is -1.30. The number of rotatable bonds is 35. The largest absolute Gasteiger partial charge is 0.462 e. The van der Waals surface area contributed by atoms with Crippen LogP contribution in [0.3, 0.4) is 0 Å². The van der Waals surface area contributed by atoms with Crippen molar-refractivity contribution in [1.82, 2.24) is 0 Å². The van der Waals surface area contributed by atoms with Crippen LogP contribution in [0.25, 0.3) is 0 Å². The Morgan fingerprint density at radius 2 is 0.922 bits per heavy atom. The van der Waals surface area contributed by atoms with E-state index in [4.69, 9.17) is 18.9 Å². The number of aliphatic hydroxyl groups excluding tert-OH is 4. The number of ether oxygens (including phenoxy) is 4. The molecule has 1 rings (SSSR count). The van der Waals surface area contributed by atoms with Crippen molar-refractivity contribution in [3.63, 3.8) is 0 Å². The molecule has 4 N–H and O–H groups in total. The van der Waals surface area contributed by atoms with Gasteiger partial charge in [0.05, 0.1) is 13.2 Å². The minimum atomic E-state index is -1.59. The fourth-order valence-electron chi connectivity index (χ4n) is 6.60. The summed E-state index contributed by atoms with van der Waals surface area (Å²) in [4.78, 5) is 25.2. The van der Waals surface area contributed by atoms with Crippen LogP contribution >= 0.6 is 0 Å². The van der Waals surface area contributed by atoms with Crippen LogP contribution in [-0.2, 0) is 28.5 Å². The predicted molar refractivity (Wildman–Crippen MR) is 201 cm³/mol. The summed E-state index contributed by atoms with van der Waals surface area (Å²) >= 11 is 0. The molecule has 0 aromatic rings. The zero-order valence-corrected chi connectivity index (χ0v) is 32.6. The van der Waals surface area contributed by atoms with E-state index < -0.39 is 49.4 Å². The van der Waals surface area contributed by atoms with Crippen molar-refractivity contribution >= 4 is 11.9 Å². The molecule has 51 heavy (non-hydrogen) atoms. The quantitative estimate of drug-likeness (QED) is 0.0371. The first-order valence-electron chi connectivity index (χ1n) is 21.1. The third-order valence-corrected chi connectivity index (χ3v) is 9.99. The van der Waals surface area contributed by atoms with Crippen molar-refractivity contribution in [1.29, 1.82) is 0 Å². The molecule has 10 heteroatoms. The number of esters is 2. The highest BCUT2D eigenvalue weighted by Crippen LogP contribution is 2.23. The molecule has 0 saturated carbocycles. The van der Waals surface area contributed by atoms with E-state index in [0.717, 1.165) is 38.5 Å². The average Bonchev–Trinajstić information content (AvgIpc) is 3.13. The molecular weight excluding hydrogens is 652 g/mol. The SMILES string of the molecule is CCCCCCCCCCCCCCCC(=O)OC[C@@H](CO[C@H]1O[C@@H](CO)[C@@H](O)C(O)C1O)OC(=O)CCCCCCCCCCCCCCC. The lowest BCUT2D eigenvalue weighted by Crippen LogP contribution is -2.59. The third-order valence-electron chi connectivity index (χ3n) is 9.99. The monoisotopic (exact) mass is 731 g/mol. The van der Waals surface area contributed by atoms with Crippen molar-refractivity contribution < 1.29 is 49.0 Å². The maximum Gasteiger partial charge on any atom is 0.306 e. The van der Waals surface area contributed by atoms with Crippen LogP contribution in [0.2, 0.25) is 0 Å². The Morgan fingerprint density at radius 1 is 0.529 bits per heavy atom. The van der Waals surface area contributed by atoms with E-state index in [1.165, 1.54) is 122 Å². The number of aliphatic hydroxyl groups is 4. The van der Waals surface area contributed by atoms with Crippen molar-refractivity contribution in [3.8, 4) is 0 Å². The van der Waals surface area contributed by atoms with E-state index in [0.29, 0.717) is 6.42 Å². The van der Waals surface area contributed by atoms with Gasteiger partial charge in [-0.3, -0.25) is 9.59 Å². The van der Waals surface area contributed by atoms with Crippen molar-refractivity contribution in [2.24, 2.45) is 0 Å². The zero-order valence-electron chi connectivity index (χ0n) is 32.6. The normalized spacial score (nSPS) is 21.1. The van der Waals surface area contributed by atoms with E-state index in [9.17, 15) is 30.0 Å². The molecule has 1 fully saturated rings. The van der Waals surface area contributed by atoms with E-state index >= 15 is 0 Å². The molecule has 0 bridgehead atoms. The molecule has 0 aliphatic carbocycles. The lowest BCUT2D eigenvalue weighted by molar-refractivity contribution is -0.305. The molecule has 1 heterocycles. The first-order chi connectivity index (χ1) is 24.8. The summed E-state index contributed by atoms with van der Waals surface area (Å²) in [7, 11) is 0. The van der Waals surface area contributed by atoms with Gasteiger partial charge < -0.3 is 39.4 Å². The Balaban J connectivity index is 2.35. The number of carbonyl (C=O) groups excluding carboxylic acids is 2. The standard InChI is InChI=1S/C41H78O10/c1-3-5-7-9-11-13-15-17-19-21-23-25-27-29-36(43)48-32-34(33-49-41-40(47)39(46)38(45)35(31-42)51-41)50-37(44)30-28-26-24-22-20-18-16-14-12-10-8-6-4-2/h34-35,38-42,45-47H,3-33H2,1-2H3/t34-,35-,38+,39?,40?,41-/m0/s1. The molecule has 302 valence electrons. The summed E-state index contributed by atoms with van der Waals surface area (Å²) in [5.41, 5.74) is 0. The van der Waals surface area contributed by atoms with Crippen LogP contribution in [0.1, 0.15) is 194 Å². The van der Waals surface area contributed by atoms with Gasteiger partial charge in [-0.2, -0.15) is 0 Å². The molecule has 0 aromatic heterocycles. The van der Waals surface area contributed by atoms with Gasteiger partial charge in [-0.1, -0.05) is 168 Å². The molecule has 0 spiro atoms. The molecule has 1 aliphatic heterocycles. The van der Waals surface area contributed by atoms with Crippen molar-refractivity contribution in [3.05, 3.63) is 0 Å². The van der Waals surface area contributed by atoms with Crippen molar-refractivity contribution in [2.75, 3.05) is 19.8 Å². The first kappa shape index (κ1) is 47.7. The fourth-order valence-corrected chi connectivity index (χ4v) is 6.60. The zero-order chi connectivity index (χ0) is 37.4. The van der Waals surface area contributed by atoms with Crippen LogP contribution in [-0.4, -0.2) is 89.0 Å². The van der Waals surface area contributed by atoms with E-state index in [1.54, 1.807) is 0 Å². The first-order valence-corrected chi connectivity index (χ1v) is 21.1. The van der Waals surface area contributed by atoms with E-state index in [2.05, 4.69) is 13.8 Å². The summed E-state index contributed by atoms with van der Waals surface area (Å²) in [6.45, 7) is 3.43. The second-order valence-corrected chi connectivity index (χ2v) is 14.8. The van der Waals surface area contributed by atoms with Gasteiger partial charge in [0.15, 0.2) is 12.4 Å². The number of hydrogen-bond acceptors (Lipinski definition) is 10. The van der Waals surface area contributed by atoms with Crippen LogP contribution < -0.4 is 0 Å². The lowest BCUT2D eigenvalue weighted by atomic mass is 9.99. The summed E-state index contributed by atoms with van der Waals surface area (Å²) < 4.78 is 22.1. The second kappa shape index (κ2) is 33.3. The highest BCUT2D eigenvalue weighted by atomic mass is 16.7. The van der Waals surface area contributed by atoms with Crippen LogP contribution in [0, 0.1) is 0 Å². The van der Waals surface area contributed by atoms with Crippen LogP contribution in [0.15, 0.2) is 0 Å².